The van der Waals surface area contributed by atoms with Gasteiger partial charge in [-0.1, -0.05) is 17.7 Å². The van der Waals surface area contributed by atoms with Crippen molar-refractivity contribution in [2.45, 2.75) is 0 Å². The van der Waals surface area contributed by atoms with Gasteiger partial charge in [-0.25, -0.2) is 0 Å². The zero-order valence-electron chi connectivity index (χ0n) is 13.8. The fraction of sp³-hybridized carbons (Fsp3) is 0.438. The minimum Gasteiger partial charge on any atom is -0.368 e. The van der Waals surface area contributed by atoms with Crippen molar-refractivity contribution >= 4 is 35.0 Å². The van der Waals surface area contributed by atoms with Gasteiger partial charge in [-0.2, -0.15) is 0 Å². The second-order valence-electron chi connectivity index (χ2n) is 5.61. The second kappa shape index (κ2) is 9.24. The SMILES string of the molecule is NCC(=O)NCC(=O)NCC(=O)N1CCN(c2cccc(Cl)c2)CC1. The van der Waals surface area contributed by atoms with Gasteiger partial charge in [0.1, 0.15) is 0 Å². The summed E-state index contributed by atoms with van der Waals surface area (Å²) in [4.78, 5) is 38.6. The lowest BCUT2D eigenvalue weighted by Crippen LogP contribution is -2.51. The molecular formula is C16H22ClN5O3. The molecule has 0 bridgehead atoms. The Morgan fingerprint density at radius 2 is 1.72 bits per heavy atom. The highest BCUT2D eigenvalue weighted by Gasteiger charge is 2.21. The molecular weight excluding hydrogens is 346 g/mol. The van der Waals surface area contributed by atoms with Crippen molar-refractivity contribution in [2.75, 3.05) is 50.7 Å². The first-order valence-electron chi connectivity index (χ1n) is 8.01. The van der Waals surface area contributed by atoms with Gasteiger partial charge in [0.05, 0.1) is 19.6 Å². The van der Waals surface area contributed by atoms with Crippen LogP contribution in [0.1, 0.15) is 0 Å². The van der Waals surface area contributed by atoms with E-state index < -0.39 is 11.8 Å². The van der Waals surface area contributed by atoms with E-state index >= 15 is 0 Å². The van der Waals surface area contributed by atoms with Gasteiger partial charge in [-0.3, -0.25) is 14.4 Å². The number of nitrogens with zero attached hydrogens (tertiary/aromatic N) is 2. The molecule has 1 saturated heterocycles. The monoisotopic (exact) mass is 367 g/mol. The summed E-state index contributed by atoms with van der Waals surface area (Å²) >= 11 is 6.00. The van der Waals surface area contributed by atoms with Crippen molar-refractivity contribution in [3.8, 4) is 0 Å². The molecule has 1 aromatic rings. The molecule has 1 aromatic carbocycles. The lowest BCUT2D eigenvalue weighted by molar-refractivity contribution is -0.133. The molecule has 1 aliphatic rings. The van der Waals surface area contributed by atoms with Crippen LogP contribution in [0.15, 0.2) is 24.3 Å². The maximum atomic E-state index is 12.2. The number of halogens is 1. The fourth-order valence-corrected chi connectivity index (χ4v) is 2.67. The largest absolute Gasteiger partial charge is 0.368 e. The van der Waals surface area contributed by atoms with E-state index in [1.54, 1.807) is 4.90 Å². The molecule has 1 heterocycles. The smallest absolute Gasteiger partial charge is 0.242 e. The number of amides is 3. The predicted octanol–water partition coefficient (Wildman–Crippen LogP) is -0.820. The minimum atomic E-state index is -0.423. The van der Waals surface area contributed by atoms with Gasteiger partial charge < -0.3 is 26.2 Å². The zero-order chi connectivity index (χ0) is 18.2. The topological polar surface area (TPSA) is 108 Å². The number of hydrogen-bond acceptors (Lipinski definition) is 5. The van der Waals surface area contributed by atoms with Crippen LogP contribution in [0.3, 0.4) is 0 Å². The Morgan fingerprint density at radius 3 is 2.36 bits per heavy atom. The van der Waals surface area contributed by atoms with Crippen molar-refractivity contribution < 1.29 is 14.4 Å². The number of anilines is 1. The van der Waals surface area contributed by atoms with Gasteiger partial charge in [0.25, 0.3) is 0 Å². The molecule has 4 N–H and O–H groups in total. The van der Waals surface area contributed by atoms with E-state index in [4.69, 9.17) is 17.3 Å². The lowest BCUT2D eigenvalue weighted by atomic mass is 10.2. The van der Waals surface area contributed by atoms with E-state index in [-0.39, 0.29) is 25.5 Å². The first kappa shape index (κ1) is 19.0. The van der Waals surface area contributed by atoms with Crippen molar-refractivity contribution in [1.82, 2.24) is 15.5 Å². The molecule has 0 unspecified atom stereocenters. The molecule has 25 heavy (non-hydrogen) atoms. The highest BCUT2D eigenvalue weighted by atomic mass is 35.5. The Bertz CT molecular complexity index is 632. The third-order valence-electron chi connectivity index (χ3n) is 3.87. The summed E-state index contributed by atoms with van der Waals surface area (Å²) in [6.45, 7) is 2.10. The van der Waals surface area contributed by atoms with Crippen LogP contribution in [0, 0.1) is 0 Å². The van der Waals surface area contributed by atoms with Gasteiger partial charge >= 0.3 is 0 Å². The Morgan fingerprint density at radius 1 is 1.04 bits per heavy atom. The van der Waals surface area contributed by atoms with E-state index in [1.807, 2.05) is 24.3 Å². The Kier molecular flexibility index (Phi) is 7.03. The molecule has 0 saturated carbocycles. The summed E-state index contributed by atoms with van der Waals surface area (Å²) in [7, 11) is 0. The number of piperazine rings is 1. The van der Waals surface area contributed by atoms with E-state index in [2.05, 4.69) is 15.5 Å². The van der Waals surface area contributed by atoms with Crippen molar-refractivity contribution in [2.24, 2.45) is 5.73 Å². The molecule has 0 spiro atoms. The van der Waals surface area contributed by atoms with Crippen LogP contribution in [0.2, 0.25) is 5.02 Å². The van der Waals surface area contributed by atoms with Crippen LogP contribution < -0.4 is 21.3 Å². The Balaban J connectivity index is 1.72. The molecule has 2 rings (SSSR count). The van der Waals surface area contributed by atoms with Crippen LogP contribution >= 0.6 is 11.6 Å². The molecule has 0 atom stereocenters. The number of hydrogen-bond donors (Lipinski definition) is 3. The summed E-state index contributed by atoms with van der Waals surface area (Å²) in [5.41, 5.74) is 6.15. The Labute approximate surface area is 151 Å². The van der Waals surface area contributed by atoms with Gasteiger partial charge in [-0.05, 0) is 18.2 Å². The summed E-state index contributed by atoms with van der Waals surface area (Å²) in [5.74, 6) is -0.990. The molecule has 1 aliphatic heterocycles. The van der Waals surface area contributed by atoms with Gasteiger partial charge in [0, 0.05) is 36.9 Å². The van der Waals surface area contributed by atoms with Crippen LogP contribution in [0.25, 0.3) is 0 Å². The number of carbonyl (C=O) groups is 3. The number of rotatable bonds is 6. The molecule has 0 aromatic heterocycles. The summed E-state index contributed by atoms with van der Waals surface area (Å²) < 4.78 is 0. The molecule has 8 nitrogen and oxygen atoms in total. The third kappa shape index (κ3) is 5.91. The maximum absolute atomic E-state index is 12.2. The molecule has 136 valence electrons. The number of nitrogens with one attached hydrogen (secondary N) is 2. The number of carbonyl (C=O) groups excluding carboxylic acids is 3. The number of benzene rings is 1. The fourth-order valence-electron chi connectivity index (χ4n) is 2.49. The van der Waals surface area contributed by atoms with Crippen LogP contribution in [-0.2, 0) is 14.4 Å². The van der Waals surface area contributed by atoms with Crippen molar-refractivity contribution in [3.63, 3.8) is 0 Å². The summed E-state index contributed by atoms with van der Waals surface area (Å²) in [6, 6.07) is 7.60. The van der Waals surface area contributed by atoms with E-state index in [1.165, 1.54) is 0 Å². The van der Waals surface area contributed by atoms with E-state index in [0.717, 1.165) is 5.69 Å². The average Bonchev–Trinajstić information content (AvgIpc) is 2.64. The van der Waals surface area contributed by atoms with Crippen molar-refractivity contribution in [3.05, 3.63) is 29.3 Å². The average molecular weight is 368 g/mol. The van der Waals surface area contributed by atoms with Gasteiger partial charge in [-0.15, -0.1) is 0 Å². The lowest BCUT2D eigenvalue weighted by Gasteiger charge is -2.36. The quantitative estimate of drug-likeness (QED) is 0.609. The van der Waals surface area contributed by atoms with Gasteiger partial charge in [0.2, 0.25) is 17.7 Å². The highest BCUT2D eigenvalue weighted by molar-refractivity contribution is 6.30. The number of nitrogens with two attached hydrogens (primary N) is 1. The first-order chi connectivity index (χ1) is 12.0. The molecule has 0 aliphatic carbocycles. The first-order valence-corrected chi connectivity index (χ1v) is 8.39. The second-order valence-corrected chi connectivity index (χ2v) is 6.04. The standard InChI is InChI=1S/C16H22ClN5O3/c17-12-2-1-3-13(8-12)21-4-6-22(7-5-21)16(25)11-20-15(24)10-19-14(23)9-18/h1-3,8H,4-7,9-11,18H2,(H,19,23)(H,20,24). The molecule has 9 heteroatoms. The maximum Gasteiger partial charge on any atom is 0.242 e. The summed E-state index contributed by atoms with van der Waals surface area (Å²) in [6.07, 6.45) is 0. The van der Waals surface area contributed by atoms with Crippen LogP contribution in [-0.4, -0.2) is 68.4 Å². The minimum absolute atomic E-state index is 0.0888. The highest BCUT2D eigenvalue weighted by Crippen LogP contribution is 2.20. The van der Waals surface area contributed by atoms with E-state index in [0.29, 0.717) is 31.2 Å². The Hall–Kier alpha value is -2.32. The normalized spacial score (nSPS) is 14.2. The van der Waals surface area contributed by atoms with E-state index in [9.17, 15) is 14.4 Å². The van der Waals surface area contributed by atoms with Gasteiger partial charge in [0.15, 0.2) is 0 Å². The van der Waals surface area contributed by atoms with Crippen LogP contribution in [0.5, 0.6) is 0 Å². The summed E-state index contributed by atoms with van der Waals surface area (Å²) in [5, 5.41) is 5.52. The zero-order valence-corrected chi connectivity index (χ0v) is 14.6. The van der Waals surface area contributed by atoms with Crippen molar-refractivity contribution in [1.29, 1.82) is 0 Å². The molecule has 3 amide bonds. The predicted molar refractivity (Wildman–Crippen MR) is 95.3 cm³/mol. The third-order valence-corrected chi connectivity index (χ3v) is 4.11. The molecule has 0 radical (unpaired) electrons. The molecule has 1 fully saturated rings. The van der Waals surface area contributed by atoms with Crippen LogP contribution in [0.4, 0.5) is 5.69 Å².